The minimum atomic E-state index is -1.03. The molecule has 1 saturated heterocycles. The first-order valence-corrected chi connectivity index (χ1v) is 11.9. The van der Waals surface area contributed by atoms with E-state index in [4.69, 9.17) is 4.74 Å². The Morgan fingerprint density at radius 1 is 1.06 bits per heavy atom. The second kappa shape index (κ2) is 6.94. The van der Waals surface area contributed by atoms with Gasteiger partial charge in [0.1, 0.15) is 17.6 Å². The molecule has 31 heavy (non-hydrogen) atoms. The molecule has 1 unspecified atom stereocenters. The molecular weight excluding hydrogens is 397 g/mol. The number of aliphatic carboxylic acids is 1. The second-order valence-electron chi connectivity index (χ2n) is 11.0. The Balaban J connectivity index is 1.23. The van der Waals surface area contributed by atoms with E-state index in [0.29, 0.717) is 31.2 Å². The zero-order chi connectivity index (χ0) is 21.3. The summed E-state index contributed by atoms with van der Waals surface area (Å²) in [5, 5.41) is 9.24. The van der Waals surface area contributed by atoms with Crippen molar-refractivity contribution in [3.05, 3.63) is 29.1 Å². The molecule has 5 saturated carbocycles. The van der Waals surface area contributed by atoms with E-state index in [-0.39, 0.29) is 11.0 Å². The van der Waals surface area contributed by atoms with Gasteiger partial charge in [0.05, 0.1) is 12.2 Å². The lowest BCUT2D eigenvalue weighted by atomic mass is 9.50. The Bertz CT molecular complexity index is 904. The predicted molar refractivity (Wildman–Crippen MR) is 112 cm³/mol. The van der Waals surface area contributed by atoms with Crippen molar-refractivity contribution in [3.63, 3.8) is 0 Å². The normalized spacial score (nSPS) is 35.7. The number of nitrogens with zero attached hydrogens (tertiary/aromatic N) is 1. The van der Waals surface area contributed by atoms with Crippen LogP contribution in [0.25, 0.3) is 0 Å². The minimum absolute atomic E-state index is 0.0185. The third kappa shape index (κ3) is 3.33. The van der Waals surface area contributed by atoms with Gasteiger partial charge in [-0.2, -0.15) is 0 Å². The minimum Gasteiger partial charge on any atom is -0.493 e. The average molecular weight is 428 g/mol. The predicted octanol–water partition coefficient (Wildman–Crippen LogP) is 4.60. The number of carboxylic acids is 1. The number of ether oxygens (including phenoxy) is 1. The number of amides is 1. The summed E-state index contributed by atoms with van der Waals surface area (Å²) in [4.78, 5) is 25.4. The van der Waals surface area contributed by atoms with Crippen molar-refractivity contribution in [1.82, 2.24) is 4.90 Å². The van der Waals surface area contributed by atoms with Crippen LogP contribution in [0.1, 0.15) is 79.6 Å². The molecule has 1 aliphatic heterocycles. The third-order valence-electron chi connectivity index (χ3n) is 8.61. The molecule has 1 aromatic carbocycles. The zero-order valence-corrected chi connectivity index (χ0v) is 17.8. The van der Waals surface area contributed by atoms with Crippen LogP contribution in [0.5, 0.6) is 5.75 Å². The number of halogens is 1. The van der Waals surface area contributed by atoms with Crippen LogP contribution in [0, 0.1) is 29.0 Å². The lowest BCUT2D eigenvalue weighted by Gasteiger charge is -2.56. The summed E-state index contributed by atoms with van der Waals surface area (Å²) in [7, 11) is 0. The molecule has 6 heteroatoms. The third-order valence-corrected chi connectivity index (χ3v) is 8.61. The molecule has 0 spiro atoms. The van der Waals surface area contributed by atoms with Gasteiger partial charge in [-0.3, -0.25) is 4.79 Å². The summed E-state index contributed by atoms with van der Waals surface area (Å²) < 4.78 is 21.4. The molecule has 1 N–H and O–H groups in total. The average Bonchev–Trinajstić information content (AvgIpc) is 3.49. The van der Waals surface area contributed by atoms with Crippen LogP contribution in [-0.2, 0) is 4.79 Å². The standard InChI is InChI=1S/C25H30FNO4/c26-20-9-22(31-13-25-10-14-5-15(11-25)7-16(6-14)12-25)18(17-1-2-17)8-19(20)23(28)27-4-3-21(27)24(29)30/h8-9,14-17,21H,1-7,10-13H2,(H,29,30). The number of carbonyl (C=O) groups excluding carboxylic acids is 1. The molecule has 0 aromatic heterocycles. The highest BCUT2D eigenvalue weighted by atomic mass is 19.1. The maximum absolute atomic E-state index is 15.0. The first kappa shape index (κ1) is 19.6. The van der Waals surface area contributed by atoms with Gasteiger partial charge < -0.3 is 14.7 Å². The van der Waals surface area contributed by atoms with E-state index >= 15 is 4.39 Å². The highest BCUT2D eigenvalue weighted by Gasteiger charge is 2.51. The number of carbonyl (C=O) groups is 2. The van der Waals surface area contributed by atoms with Gasteiger partial charge in [-0.15, -0.1) is 0 Å². The fourth-order valence-corrected chi connectivity index (χ4v) is 7.31. The summed E-state index contributed by atoms with van der Waals surface area (Å²) in [5.74, 6) is 1.26. The van der Waals surface area contributed by atoms with E-state index in [0.717, 1.165) is 36.2 Å². The van der Waals surface area contributed by atoms with E-state index in [2.05, 4.69) is 0 Å². The second-order valence-corrected chi connectivity index (χ2v) is 11.0. The fraction of sp³-hybridized carbons (Fsp3) is 0.680. The van der Waals surface area contributed by atoms with E-state index < -0.39 is 23.7 Å². The van der Waals surface area contributed by atoms with Crippen molar-refractivity contribution < 1.29 is 23.8 Å². The van der Waals surface area contributed by atoms with Gasteiger partial charge in [-0.25, -0.2) is 9.18 Å². The summed E-state index contributed by atoms with van der Waals surface area (Å²) in [6.07, 6.45) is 10.3. The molecule has 1 heterocycles. The van der Waals surface area contributed by atoms with E-state index in [1.54, 1.807) is 6.07 Å². The van der Waals surface area contributed by atoms with E-state index in [1.807, 2.05) is 0 Å². The maximum atomic E-state index is 15.0. The Kier molecular flexibility index (Phi) is 4.38. The number of carboxylic acid groups (broad SMARTS) is 1. The Hall–Kier alpha value is -2.11. The van der Waals surface area contributed by atoms with Crippen LogP contribution < -0.4 is 4.74 Å². The van der Waals surface area contributed by atoms with Gasteiger partial charge in [0.25, 0.3) is 5.91 Å². The lowest BCUT2D eigenvalue weighted by molar-refractivity contribution is -0.146. The van der Waals surface area contributed by atoms with Gasteiger partial charge >= 0.3 is 5.97 Å². The molecule has 0 radical (unpaired) electrons. The topological polar surface area (TPSA) is 66.8 Å². The van der Waals surface area contributed by atoms with Gasteiger partial charge in [-0.05, 0) is 93.1 Å². The van der Waals surface area contributed by atoms with Crippen molar-refractivity contribution in [2.45, 2.75) is 69.7 Å². The molecule has 1 amide bonds. The van der Waals surface area contributed by atoms with Crippen LogP contribution in [0.3, 0.4) is 0 Å². The molecule has 6 fully saturated rings. The SMILES string of the molecule is O=C(O)C1CCN1C(=O)c1cc(C2CC2)c(OCC23CC4CC(CC(C4)C2)C3)cc1F. The van der Waals surface area contributed by atoms with Gasteiger partial charge in [-0.1, -0.05) is 0 Å². The zero-order valence-electron chi connectivity index (χ0n) is 17.8. The Morgan fingerprint density at radius 3 is 2.23 bits per heavy atom. The van der Waals surface area contributed by atoms with Crippen LogP contribution in [0.2, 0.25) is 0 Å². The lowest BCUT2D eigenvalue weighted by Crippen LogP contribution is -2.55. The largest absolute Gasteiger partial charge is 0.493 e. The molecule has 166 valence electrons. The van der Waals surface area contributed by atoms with Gasteiger partial charge in [0.2, 0.25) is 0 Å². The first-order valence-electron chi connectivity index (χ1n) is 11.9. The van der Waals surface area contributed by atoms with Gasteiger partial charge in [0.15, 0.2) is 0 Å². The van der Waals surface area contributed by atoms with Crippen LogP contribution in [-0.4, -0.2) is 41.1 Å². The molecule has 1 atom stereocenters. The molecular formula is C25H30FNO4. The van der Waals surface area contributed by atoms with Crippen LogP contribution in [0.15, 0.2) is 12.1 Å². The number of hydrogen-bond acceptors (Lipinski definition) is 3. The fourth-order valence-electron chi connectivity index (χ4n) is 7.31. The number of rotatable bonds is 6. The monoisotopic (exact) mass is 427 g/mol. The highest BCUT2D eigenvalue weighted by molar-refractivity contribution is 5.98. The van der Waals surface area contributed by atoms with Crippen LogP contribution in [0.4, 0.5) is 4.39 Å². The quantitative estimate of drug-likeness (QED) is 0.721. The molecule has 7 rings (SSSR count). The van der Waals surface area contributed by atoms with Crippen molar-refractivity contribution in [1.29, 1.82) is 0 Å². The van der Waals surface area contributed by atoms with Crippen LogP contribution >= 0.6 is 0 Å². The summed E-state index contributed by atoms with van der Waals surface area (Å²) >= 11 is 0. The molecule has 1 aromatic rings. The Labute approximate surface area is 181 Å². The molecule has 5 nitrogen and oxygen atoms in total. The Morgan fingerprint density at radius 2 is 1.71 bits per heavy atom. The molecule has 4 bridgehead atoms. The number of likely N-dealkylation sites (tertiary alicyclic amines) is 1. The van der Waals surface area contributed by atoms with E-state index in [9.17, 15) is 14.7 Å². The smallest absolute Gasteiger partial charge is 0.326 e. The molecule has 5 aliphatic carbocycles. The molecule has 6 aliphatic rings. The summed E-state index contributed by atoms with van der Waals surface area (Å²) in [6, 6.07) is 2.18. The van der Waals surface area contributed by atoms with E-state index in [1.165, 1.54) is 49.5 Å². The summed E-state index contributed by atoms with van der Waals surface area (Å²) in [6.45, 7) is 1.01. The van der Waals surface area contributed by atoms with Crippen molar-refractivity contribution in [2.75, 3.05) is 13.2 Å². The van der Waals surface area contributed by atoms with Crippen molar-refractivity contribution in [3.8, 4) is 5.75 Å². The van der Waals surface area contributed by atoms with Crippen molar-refractivity contribution >= 4 is 11.9 Å². The number of benzene rings is 1. The maximum Gasteiger partial charge on any atom is 0.326 e. The summed E-state index contributed by atoms with van der Waals surface area (Å²) in [5.41, 5.74) is 1.14. The first-order chi connectivity index (χ1) is 14.9. The highest BCUT2D eigenvalue weighted by Crippen LogP contribution is 2.60. The van der Waals surface area contributed by atoms with Crippen molar-refractivity contribution in [2.24, 2.45) is 23.2 Å². The van der Waals surface area contributed by atoms with Gasteiger partial charge in [0, 0.05) is 18.0 Å². The number of hydrogen-bond donors (Lipinski definition) is 1.